The fourth-order valence-corrected chi connectivity index (χ4v) is 3.79. The summed E-state index contributed by atoms with van der Waals surface area (Å²) in [5, 5.41) is 0.903. The predicted molar refractivity (Wildman–Crippen MR) is 119 cm³/mol. The van der Waals surface area contributed by atoms with Gasteiger partial charge < -0.3 is 25.8 Å². The lowest BCUT2D eigenvalue weighted by Gasteiger charge is -2.36. The molecule has 1 saturated heterocycles. The molecule has 4 rings (SSSR count). The lowest BCUT2D eigenvalue weighted by molar-refractivity contribution is -0.124. The van der Waals surface area contributed by atoms with Crippen LogP contribution in [0.5, 0.6) is 0 Å². The van der Waals surface area contributed by atoms with Gasteiger partial charge in [0.05, 0.1) is 11.2 Å². The molecule has 0 aliphatic carbocycles. The number of rotatable bonds is 2. The Balaban J connectivity index is 1.48. The number of carbonyl (C=O) groups excluding carboxylic acids is 1. The van der Waals surface area contributed by atoms with Crippen molar-refractivity contribution in [1.82, 2.24) is 9.47 Å². The molecule has 7 nitrogen and oxygen atoms in total. The normalized spacial score (nSPS) is 15.2. The first kappa shape index (κ1) is 18.9. The third-order valence-electron chi connectivity index (χ3n) is 5.53. The van der Waals surface area contributed by atoms with Crippen LogP contribution in [0.2, 0.25) is 0 Å². The van der Waals surface area contributed by atoms with E-state index in [4.69, 9.17) is 11.5 Å². The lowest BCUT2D eigenvalue weighted by Crippen LogP contribution is -2.52. The number of benzene rings is 2. The fraction of sp³-hybridized carbons (Fsp3) is 0.273. The first-order chi connectivity index (χ1) is 14.0. The van der Waals surface area contributed by atoms with Gasteiger partial charge in [-0.05, 0) is 25.1 Å². The number of carbonyl (C=O) groups is 1. The molecule has 1 fully saturated rings. The maximum atomic E-state index is 12.8. The number of hydrogen-bond acceptors (Lipinski definition) is 4. The number of nitrogens with zero attached hydrogens (tertiary/aromatic N) is 4. The number of anilines is 2. The molecule has 1 aromatic heterocycles. The summed E-state index contributed by atoms with van der Waals surface area (Å²) in [6.45, 7) is 4.81. The van der Waals surface area contributed by atoms with E-state index in [1.807, 2.05) is 35.9 Å². The van der Waals surface area contributed by atoms with E-state index >= 15 is 0 Å². The number of amidine groups is 1. The number of piperazine rings is 1. The van der Waals surface area contributed by atoms with Gasteiger partial charge in [0.25, 0.3) is 5.91 Å². The van der Waals surface area contributed by atoms with Gasteiger partial charge >= 0.3 is 0 Å². The highest BCUT2D eigenvalue weighted by molar-refractivity contribution is 6.37. The molecule has 2 heterocycles. The Kier molecular flexibility index (Phi) is 4.88. The summed E-state index contributed by atoms with van der Waals surface area (Å²) >= 11 is 0. The highest BCUT2D eigenvalue weighted by Crippen LogP contribution is 2.33. The molecule has 0 radical (unpaired) electrons. The summed E-state index contributed by atoms with van der Waals surface area (Å²) in [6.07, 6.45) is 0. The Morgan fingerprint density at radius 1 is 1.00 bits per heavy atom. The molecule has 4 N–H and O–H groups in total. The first-order valence-corrected chi connectivity index (χ1v) is 9.73. The van der Waals surface area contributed by atoms with Crippen molar-refractivity contribution in [2.24, 2.45) is 17.8 Å². The van der Waals surface area contributed by atoms with E-state index in [1.165, 1.54) is 11.3 Å². The summed E-state index contributed by atoms with van der Waals surface area (Å²) in [4.78, 5) is 21.2. The van der Waals surface area contributed by atoms with Gasteiger partial charge in [0.15, 0.2) is 11.7 Å². The molecule has 1 amide bonds. The maximum absolute atomic E-state index is 12.8. The minimum atomic E-state index is -0.252. The van der Waals surface area contributed by atoms with Crippen molar-refractivity contribution in [3.05, 3.63) is 54.1 Å². The molecule has 7 heteroatoms. The number of aromatic nitrogens is 1. The third kappa shape index (κ3) is 3.51. The molecule has 0 unspecified atom stereocenters. The molecule has 1 aliphatic heterocycles. The van der Waals surface area contributed by atoms with E-state index < -0.39 is 0 Å². The topological polar surface area (TPSA) is 92.9 Å². The fourth-order valence-electron chi connectivity index (χ4n) is 3.79. The van der Waals surface area contributed by atoms with Crippen LogP contribution in [-0.2, 0) is 11.8 Å². The van der Waals surface area contributed by atoms with Gasteiger partial charge in [-0.1, -0.05) is 35.9 Å². The van der Waals surface area contributed by atoms with Crippen LogP contribution >= 0.6 is 0 Å². The van der Waals surface area contributed by atoms with Gasteiger partial charge in [-0.2, -0.15) is 0 Å². The number of hydrogen-bond donors (Lipinski definition) is 2. The van der Waals surface area contributed by atoms with Gasteiger partial charge in [-0.15, -0.1) is 0 Å². The highest BCUT2D eigenvalue weighted by Gasteiger charge is 2.24. The van der Waals surface area contributed by atoms with Crippen molar-refractivity contribution < 1.29 is 4.79 Å². The lowest BCUT2D eigenvalue weighted by atomic mass is 10.2. The van der Waals surface area contributed by atoms with Crippen LogP contribution in [-0.4, -0.2) is 47.4 Å². The number of amides is 1. The van der Waals surface area contributed by atoms with Crippen LogP contribution in [0.4, 0.5) is 17.2 Å². The predicted octanol–water partition coefficient (Wildman–Crippen LogP) is 2.41. The van der Waals surface area contributed by atoms with Crippen LogP contribution in [0.1, 0.15) is 5.56 Å². The van der Waals surface area contributed by atoms with Crippen LogP contribution in [0.3, 0.4) is 0 Å². The summed E-state index contributed by atoms with van der Waals surface area (Å²) in [7, 11) is 1.87. The molecule has 3 aromatic rings. The van der Waals surface area contributed by atoms with Crippen molar-refractivity contribution in [3.8, 4) is 0 Å². The molecule has 150 valence electrons. The SMILES string of the molecule is Cc1ccc(N2CCN(C(=O)/C(N)=N/c3c(N)c4ccccc4n3C)CC2)cc1. The van der Waals surface area contributed by atoms with E-state index in [-0.39, 0.29) is 11.7 Å². The smallest absolute Gasteiger partial charge is 0.289 e. The monoisotopic (exact) mass is 390 g/mol. The van der Waals surface area contributed by atoms with E-state index in [2.05, 4.69) is 41.1 Å². The number of nitrogen functional groups attached to an aromatic ring is 1. The van der Waals surface area contributed by atoms with Crippen molar-refractivity contribution in [3.63, 3.8) is 0 Å². The second-order valence-electron chi connectivity index (χ2n) is 7.43. The Labute approximate surface area is 170 Å². The van der Waals surface area contributed by atoms with Crippen molar-refractivity contribution in [2.45, 2.75) is 6.92 Å². The minimum absolute atomic E-state index is 0.0357. The third-order valence-corrected chi connectivity index (χ3v) is 5.53. The average molecular weight is 390 g/mol. The van der Waals surface area contributed by atoms with Gasteiger partial charge in [0, 0.05) is 44.3 Å². The number of aliphatic imine (C=N–C) groups is 1. The second-order valence-corrected chi connectivity index (χ2v) is 7.43. The molecule has 0 saturated carbocycles. The summed E-state index contributed by atoms with van der Waals surface area (Å²) in [6, 6.07) is 16.2. The van der Waals surface area contributed by atoms with Gasteiger partial charge in [0.2, 0.25) is 0 Å². The second kappa shape index (κ2) is 7.50. The van der Waals surface area contributed by atoms with Crippen molar-refractivity contribution in [2.75, 3.05) is 36.8 Å². The minimum Gasteiger partial charge on any atom is -0.395 e. The molecular formula is C22H26N6O. The van der Waals surface area contributed by atoms with Crippen LogP contribution in [0.15, 0.2) is 53.5 Å². The zero-order chi connectivity index (χ0) is 20.5. The van der Waals surface area contributed by atoms with Crippen LogP contribution in [0, 0.1) is 6.92 Å². The summed E-state index contributed by atoms with van der Waals surface area (Å²) < 4.78 is 1.86. The van der Waals surface area contributed by atoms with Crippen molar-refractivity contribution >= 4 is 39.8 Å². The first-order valence-electron chi connectivity index (χ1n) is 9.73. The zero-order valence-electron chi connectivity index (χ0n) is 16.8. The van der Waals surface area contributed by atoms with Gasteiger partial charge in [-0.25, -0.2) is 4.99 Å². The molecule has 2 aromatic carbocycles. The van der Waals surface area contributed by atoms with Crippen LogP contribution < -0.4 is 16.4 Å². The molecule has 0 bridgehead atoms. The number of fused-ring (bicyclic) bond motifs is 1. The molecular weight excluding hydrogens is 364 g/mol. The average Bonchev–Trinajstić information content (AvgIpc) is 2.99. The zero-order valence-corrected chi connectivity index (χ0v) is 16.8. The van der Waals surface area contributed by atoms with E-state index in [0.29, 0.717) is 24.6 Å². The Bertz CT molecular complexity index is 1040. The maximum Gasteiger partial charge on any atom is 0.289 e. The van der Waals surface area contributed by atoms with Crippen molar-refractivity contribution in [1.29, 1.82) is 0 Å². The summed E-state index contributed by atoms with van der Waals surface area (Å²) in [5.41, 5.74) is 16.2. The standard InChI is InChI=1S/C22H26N6O/c1-15-7-9-16(10-8-15)27-11-13-28(14-12-27)22(29)20(24)25-21-19(23)17-5-3-4-6-18(17)26(21)2/h3-10H,11-14,23H2,1-2H3,(H2,24,25). The van der Waals surface area contributed by atoms with E-state index in [1.54, 1.807) is 4.90 Å². The largest absolute Gasteiger partial charge is 0.395 e. The molecule has 0 atom stereocenters. The number of para-hydroxylation sites is 1. The Morgan fingerprint density at radius 2 is 1.66 bits per heavy atom. The quantitative estimate of drug-likeness (QED) is 0.519. The van der Waals surface area contributed by atoms with Gasteiger partial charge in [-0.3, -0.25) is 4.79 Å². The highest BCUT2D eigenvalue weighted by atomic mass is 16.2. The van der Waals surface area contributed by atoms with Gasteiger partial charge in [0.1, 0.15) is 0 Å². The summed E-state index contributed by atoms with van der Waals surface area (Å²) in [5.74, 6) is 0.222. The molecule has 0 spiro atoms. The Morgan fingerprint density at radius 3 is 2.31 bits per heavy atom. The molecule has 29 heavy (non-hydrogen) atoms. The van der Waals surface area contributed by atoms with E-state index in [9.17, 15) is 4.79 Å². The molecule has 1 aliphatic rings. The number of aryl methyl sites for hydroxylation is 2. The van der Waals surface area contributed by atoms with Crippen LogP contribution in [0.25, 0.3) is 10.9 Å². The van der Waals surface area contributed by atoms with E-state index in [0.717, 1.165) is 24.0 Å². The Hall–Kier alpha value is -3.48. The number of nitrogens with two attached hydrogens (primary N) is 2.